The summed E-state index contributed by atoms with van der Waals surface area (Å²) >= 11 is 1.11. The summed E-state index contributed by atoms with van der Waals surface area (Å²) in [5.41, 5.74) is 16.6. The monoisotopic (exact) mass is 506 g/mol. The number of thiazole rings is 1. The number of aliphatic imine (C=N–C) groups is 1. The van der Waals surface area contributed by atoms with Crippen molar-refractivity contribution in [2.24, 2.45) is 22.2 Å². The molecule has 0 bridgehead atoms. The third-order valence-electron chi connectivity index (χ3n) is 3.89. The molecule has 0 radical (unpaired) electrons. The first-order valence-corrected chi connectivity index (χ1v) is 10.7. The van der Waals surface area contributed by atoms with Gasteiger partial charge in [0, 0.05) is 18.0 Å². The molecule has 0 saturated heterocycles. The molecule has 0 aliphatic carbocycles. The van der Waals surface area contributed by atoms with Crippen molar-refractivity contribution in [3.63, 3.8) is 0 Å². The molecule has 1 aromatic heterocycles. The summed E-state index contributed by atoms with van der Waals surface area (Å²) in [6.45, 7) is 3.80. The van der Waals surface area contributed by atoms with E-state index >= 15 is 0 Å². The van der Waals surface area contributed by atoms with E-state index in [9.17, 15) is 19.2 Å². The summed E-state index contributed by atoms with van der Waals surface area (Å²) in [6, 6.07) is -2.20. The quantitative estimate of drug-likeness (QED) is 0.0977. The van der Waals surface area contributed by atoms with Crippen LogP contribution >= 0.6 is 23.7 Å². The van der Waals surface area contributed by atoms with Crippen molar-refractivity contribution in [1.82, 2.24) is 15.6 Å². The van der Waals surface area contributed by atoms with E-state index in [1.54, 1.807) is 19.2 Å². The van der Waals surface area contributed by atoms with E-state index in [1.807, 2.05) is 0 Å². The molecule has 2 atom stereocenters. The molecule has 3 amide bonds. The maximum atomic E-state index is 12.3. The number of aromatic nitrogens is 1. The van der Waals surface area contributed by atoms with E-state index in [0.29, 0.717) is 25.1 Å². The van der Waals surface area contributed by atoms with Gasteiger partial charge in [-0.05, 0) is 26.7 Å². The number of amides is 3. The highest BCUT2D eigenvalue weighted by Gasteiger charge is 2.24. The van der Waals surface area contributed by atoms with Crippen molar-refractivity contribution < 1.29 is 24.3 Å². The molecule has 1 rings (SSSR count). The van der Waals surface area contributed by atoms with Crippen LogP contribution in [0.4, 0.5) is 5.13 Å². The van der Waals surface area contributed by atoms with Gasteiger partial charge in [0.25, 0.3) is 0 Å². The SMILES string of the molecule is CC(C)NC(=O)[C@H](CC(=O)O)NC(=O)Cc1csc(NC(=O)[C@@H](N)CCCN=C(N)N)n1.Cl. The van der Waals surface area contributed by atoms with Crippen molar-refractivity contribution >= 4 is 58.5 Å². The van der Waals surface area contributed by atoms with Gasteiger partial charge in [-0.2, -0.15) is 0 Å². The average Bonchev–Trinajstić information content (AvgIpc) is 3.09. The lowest BCUT2D eigenvalue weighted by Crippen LogP contribution is -2.49. The smallest absolute Gasteiger partial charge is 0.305 e. The Bertz CT molecular complexity index is 844. The standard InChI is InChI=1S/C18H30N8O5S.ClH/c1-9(2)23-16(31)12(7-14(28)29)25-13(27)6-10-8-32-18(24-10)26-15(30)11(19)4-3-5-22-17(20)21;/h8-9,11-12H,3-7,19H2,1-2H3,(H,23,31)(H,25,27)(H,28,29)(H4,20,21,22)(H,24,26,30);1H/t11-,12-;/m0./s1. The third kappa shape index (κ3) is 12.6. The van der Waals surface area contributed by atoms with Crippen LogP contribution in [0.25, 0.3) is 0 Å². The number of hydrogen-bond donors (Lipinski definition) is 7. The number of rotatable bonds is 13. The number of nitrogens with one attached hydrogen (secondary N) is 3. The van der Waals surface area contributed by atoms with Crippen LogP contribution in [-0.2, 0) is 25.6 Å². The minimum absolute atomic E-state index is 0. The zero-order valence-corrected chi connectivity index (χ0v) is 20.0. The van der Waals surface area contributed by atoms with Crippen LogP contribution in [0, 0.1) is 0 Å². The largest absolute Gasteiger partial charge is 0.481 e. The molecule has 0 aliphatic rings. The van der Waals surface area contributed by atoms with E-state index in [4.69, 9.17) is 22.3 Å². The Morgan fingerprint density at radius 1 is 1.18 bits per heavy atom. The lowest BCUT2D eigenvalue weighted by molar-refractivity contribution is -0.140. The van der Waals surface area contributed by atoms with Crippen molar-refractivity contribution in [3.8, 4) is 0 Å². The van der Waals surface area contributed by atoms with Crippen LogP contribution in [-0.4, -0.2) is 64.4 Å². The predicted octanol–water partition coefficient (Wildman–Crippen LogP) is -1.09. The van der Waals surface area contributed by atoms with Gasteiger partial charge >= 0.3 is 5.97 Å². The number of anilines is 1. The van der Waals surface area contributed by atoms with Crippen molar-refractivity contribution in [2.75, 3.05) is 11.9 Å². The number of guanidine groups is 1. The van der Waals surface area contributed by atoms with Gasteiger partial charge in [-0.15, -0.1) is 23.7 Å². The van der Waals surface area contributed by atoms with Crippen LogP contribution in [0.2, 0.25) is 0 Å². The zero-order valence-electron chi connectivity index (χ0n) is 18.4. The molecule has 0 spiro atoms. The molecule has 33 heavy (non-hydrogen) atoms. The molecule has 1 heterocycles. The van der Waals surface area contributed by atoms with Crippen molar-refractivity contribution in [2.45, 2.75) is 57.7 Å². The zero-order chi connectivity index (χ0) is 24.3. The summed E-state index contributed by atoms with van der Waals surface area (Å²) in [5, 5.41) is 18.4. The first-order valence-electron chi connectivity index (χ1n) is 9.85. The summed E-state index contributed by atoms with van der Waals surface area (Å²) in [6.07, 6.45) is 0.149. The third-order valence-corrected chi connectivity index (χ3v) is 4.70. The second kappa shape index (κ2) is 15.0. The summed E-state index contributed by atoms with van der Waals surface area (Å²) < 4.78 is 0. The number of hydrogen-bond acceptors (Lipinski definition) is 8. The van der Waals surface area contributed by atoms with Crippen LogP contribution in [0.5, 0.6) is 0 Å². The van der Waals surface area contributed by atoms with Crippen molar-refractivity contribution in [3.05, 3.63) is 11.1 Å². The van der Waals surface area contributed by atoms with E-state index in [1.165, 1.54) is 0 Å². The fourth-order valence-electron chi connectivity index (χ4n) is 2.47. The number of carboxylic acid groups (broad SMARTS) is 1. The van der Waals surface area contributed by atoms with Gasteiger partial charge in [0.2, 0.25) is 17.7 Å². The van der Waals surface area contributed by atoms with Crippen LogP contribution in [0.3, 0.4) is 0 Å². The number of aliphatic carboxylic acids is 1. The number of carbonyl (C=O) groups excluding carboxylic acids is 3. The Labute approximate surface area is 201 Å². The number of carbonyl (C=O) groups is 4. The fourth-order valence-corrected chi connectivity index (χ4v) is 3.19. The Hall–Kier alpha value is -2.97. The normalized spacial score (nSPS) is 12.1. The van der Waals surface area contributed by atoms with E-state index in [-0.39, 0.29) is 36.0 Å². The minimum Gasteiger partial charge on any atom is -0.481 e. The maximum absolute atomic E-state index is 12.3. The highest BCUT2D eigenvalue weighted by Crippen LogP contribution is 2.16. The summed E-state index contributed by atoms with van der Waals surface area (Å²) in [7, 11) is 0. The fraction of sp³-hybridized carbons (Fsp3) is 0.556. The van der Waals surface area contributed by atoms with Gasteiger partial charge in [0.05, 0.1) is 24.6 Å². The Morgan fingerprint density at radius 3 is 2.42 bits per heavy atom. The Morgan fingerprint density at radius 2 is 1.85 bits per heavy atom. The minimum atomic E-state index is -1.22. The first-order chi connectivity index (χ1) is 15.0. The molecule has 186 valence electrons. The molecular weight excluding hydrogens is 476 g/mol. The molecule has 10 N–H and O–H groups in total. The van der Waals surface area contributed by atoms with Crippen molar-refractivity contribution in [1.29, 1.82) is 0 Å². The van der Waals surface area contributed by atoms with Gasteiger partial charge in [0.1, 0.15) is 6.04 Å². The van der Waals surface area contributed by atoms with Crippen LogP contribution in [0.1, 0.15) is 38.8 Å². The highest BCUT2D eigenvalue weighted by molar-refractivity contribution is 7.13. The van der Waals surface area contributed by atoms with E-state index in [0.717, 1.165) is 11.3 Å². The van der Waals surface area contributed by atoms with Gasteiger partial charge in [-0.3, -0.25) is 24.2 Å². The maximum Gasteiger partial charge on any atom is 0.305 e. The Kier molecular flexibility index (Phi) is 13.6. The lowest BCUT2D eigenvalue weighted by atomic mass is 10.1. The highest BCUT2D eigenvalue weighted by atomic mass is 35.5. The molecule has 0 aliphatic heterocycles. The molecule has 0 fully saturated rings. The molecule has 0 saturated carbocycles. The Balaban J connectivity index is 0.0000102. The molecular formula is C18H31ClN8O5S. The number of halogens is 1. The second-order valence-electron chi connectivity index (χ2n) is 7.25. The van der Waals surface area contributed by atoms with Gasteiger partial charge < -0.3 is 38.3 Å². The van der Waals surface area contributed by atoms with Crippen LogP contribution < -0.4 is 33.2 Å². The molecule has 0 unspecified atom stereocenters. The number of nitrogens with zero attached hydrogens (tertiary/aromatic N) is 2. The topological polar surface area (TPSA) is 228 Å². The second-order valence-corrected chi connectivity index (χ2v) is 8.10. The summed E-state index contributed by atoms with van der Waals surface area (Å²) in [4.78, 5) is 55.5. The summed E-state index contributed by atoms with van der Waals surface area (Å²) in [5.74, 6) is -2.85. The first kappa shape index (κ1) is 30.0. The number of carboxylic acids is 1. The van der Waals surface area contributed by atoms with E-state index < -0.39 is 42.2 Å². The molecule has 13 nitrogen and oxygen atoms in total. The molecule has 15 heteroatoms. The van der Waals surface area contributed by atoms with Gasteiger partial charge in [-0.1, -0.05) is 0 Å². The predicted molar refractivity (Wildman–Crippen MR) is 127 cm³/mol. The van der Waals surface area contributed by atoms with Gasteiger partial charge in [-0.25, -0.2) is 4.98 Å². The average molecular weight is 507 g/mol. The van der Waals surface area contributed by atoms with Gasteiger partial charge in [0.15, 0.2) is 11.1 Å². The molecule has 1 aromatic rings. The van der Waals surface area contributed by atoms with E-state index in [2.05, 4.69) is 25.9 Å². The molecule has 0 aromatic carbocycles. The lowest BCUT2D eigenvalue weighted by Gasteiger charge is -2.18. The van der Waals surface area contributed by atoms with Crippen LogP contribution in [0.15, 0.2) is 10.4 Å². The number of nitrogens with two attached hydrogens (primary N) is 3.